The number of amides is 1. The van der Waals surface area contributed by atoms with E-state index >= 15 is 0 Å². The van der Waals surface area contributed by atoms with Crippen LogP contribution < -0.4 is 4.74 Å². The topological polar surface area (TPSA) is 55.6 Å². The van der Waals surface area contributed by atoms with Crippen molar-refractivity contribution in [3.05, 3.63) is 46.8 Å². The maximum atomic E-state index is 12.5. The van der Waals surface area contributed by atoms with Gasteiger partial charge in [-0.05, 0) is 63.8 Å². The van der Waals surface area contributed by atoms with E-state index in [1.165, 1.54) is 12.8 Å². The van der Waals surface area contributed by atoms with E-state index in [0.29, 0.717) is 24.1 Å². The summed E-state index contributed by atoms with van der Waals surface area (Å²) in [5, 5.41) is 3.92. The SMILES string of the molecule is Cc1noc(C)c1COc1ccc(C(=O)N(C)C(C)C2CC2)cc1. The molecule has 0 N–H and O–H groups in total. The molecule has 0 aliphatic heterocycles. The van der Waals surface area contributed by atoms with Gasteiger partial charge in [0.25, 0.3) is 5.91 Å². The maximum absolute atomic E-state index is 12.5. The average Bonchev–Trinajstić information content (AvgIpc) is 3.39. The minimum Gasteiger partial charge on any atom is -0.489 e. The second-order valence-corrected chi connectivity index (χ2v) is 6.61. The van der Waals surface area contributed by atoms with Gasteiger partial charge in [0.15, 0.2) is 0 Å². The van der Waals surface area contributed by atoms with Gasteiger partial charge in [0.2, 0.25) is 0 Å². The van der Waals surface area contributed by atoms with Crippen LogP contribution >= 0.6 is 0 Å². The predicted molar refractivity (Wildman–Crippen MR) is 91.0 cm³/mol. The molecule has 0 saturated heterocycles. The molecule has 0 bridgehead atoms. The van der Waals surface area contributed by atoms with Crippen molar-refractivity contribution in [2.45, 2.75) is 46.3 Å². The fourth-order valence-electron chi connectivity index (χ4n) is 2.84. The van der Waals surface area contributed by atoms with Gasteiger partial charge in [-0.1, -0.05) is 5.16 Å². The van der Waals surface area contributed by atoms with Crippen LogP contribution in [0.4, 0.5) is 0 Å². The van der Waals surface area contributed by atoms with Crippen molar-refractivity contribution >= 4 is 5.91 Å². The van der Waals surface area contributed by atoms with Gasteiger partial charge < -0.3 is 14.2 Å². The summed E-state index contributed by atoms with van der Waals surface area (Å²) in [6.45, 7) is 6.30. The first-order chi connectivity index (χ1) is 11.5. The van der Waals surface area contributed by atoms with E-state index in [0.717, 1.165) is 22.8 Å². The van der Waals surface area contributed by atoms with Gasteiger partial charge in [0.1, 0.15) is 18.1 Å². The van der Waals surface area contributed by atoms with Gasteiger partial charge in [0, 0.05) is 18.7 Å². The van der Waals surface area contributed by atoms with Crippen molar-refractivity contribution in [2.75, 3.05) is 7.05 Å². The summed E-state index contributed by atoms with van der Waals surface area (Å²) in [4.78, 5) is 14.4. The molecule has 1 aromatic carbocycles. The Hall–Kier alpha value is -2.30. The van der Waals surface area contributed by atoms with E-state index in [-0.39, 0.29) is 5.91 Å². The number of aromatic nitrogens is 1. The summed E-state index contributed by atoms with van der Waals surface area (Å²) in [5.74, 6) is 2.22. The van der Waals surface area contributed by atoms with E-state index in [9.17, 15) is 4.79 Å². The molecule has 1 saturated carbocycles. The predicted octanol–water partition coefficient (Wildman–Crippen LogP) is 3.74. The molecule has 1 amide bonds. The summed E-state index contributed by atoms with van der Waals surface area (Å²) in [6.07, 6.45) is 2.46. The zero-order valence-corrected chi connectivity index (χ0v) is 14.7. The fraction of sp³-hybridized carbons (Fsp3) is 0.474. The van der Waals surface area contributed by atoms with Crippen LogP contribution in [0.15, 0.2) is 28.8 Å². The number of aryl methyl sites for hydroxylation is 2. The van der Waals surface area contributed by atoms with Crippen molar-refractivity contribution in [3.63, 3.8) is 0 Å². The van der Waals surface area contributed by atoms with Crippen LogP contribution in [0.1, 0.15) is 47.1 Å². The number of hydrogen-bond acceptors (Lipinski definition) is 4. The lowest BCUT2D eigenvalue weighted by atomic mass is 10.1. The Kier molecular flexibility index (Phi) is 4.60. The molecule has 5 nitrogen and oxygen atoms in total. The zero-order valence-electron chi connectivity index (χ0n) is 14.7. The Balaban J connectivity index is 1.61. The summed E-state index contributed by atoms with van der Waals surface area (Å²) >= 11 is 0. The standard InChI is InChI=1S/C19H24N2O3/c1-12-18(14(3)24-20-12)11-23-17-9-7-16(8-10-17)19(22)21(4)13(2)15-5-6-15/h7-10,13,15H,5-6,11H2,1-4H3. The first kappa shape index (κ1) is 16.6. The van der Waals surface area contributed by atoms with Crippen LogP contribution in [0.2, 0.25) is 0 Å². The summed E-state index contributed by atoms with van der Waals surface area (Å²) < 4.78 is 10.9. The molecular formula is C19H24N2O3. The minimum atomic E-state index is 0.0617. The molecule has 2 aromatic rings. The zero-order chi connectivity index (χ0) is 17.3. The van der Waals surface area contributed by atoms with Gasteiger partial charge in [-0.3, -0.25) is 4.79 Å². The highest BCUT2D eigenvalue weighted by atomic mass is 16.5. The Morgan fingerprint density at radius 3 is 2.54 bits per heavy atom. The van der Waals surface area contributed by atoms with Crippen molar-refractivity contribution < 1.29 is 14.1 Å². The van der Waals surface area contributed by atoms with Crippen LogP contribution in [0.3, 0.4) is 0 Å². The first-order valence-electron chi connectivity index (χ1n) is 8.39. The van der Waals surface area contributed by atoms with E-state index in [1.54, 1.807) is 0 Å². The third kappa shape index (κ3) is 3.45. The number of hydrogen-bond donors (Lipinski definition) is 0. The lowest BCUT2D eigenvalue weighted by Crippen LogP contribution is -2.36. The molecule has 1 aliphatic carbocycles. The molecular weight excluding hydrogens is 304 g/mol. The molecule has 1 aromatic heterocycles. The molecule has 24 heavy (non-hydrogen) atoms. The van der Waals surface area contributed by atoms with Gasteiger partial charge in [-0.15, -0.1) is 0 Å². The summed E-state index contributed by atoms with van der Waals surface area (Å²) in [6, 6.07) is 7.61. The summed E-state index contributed by atoms with van der Waals surface area (Å²) in [5.41, 5.74) is 2.50. The molecule has 1 atom stereocenters. The Labute approximate surface area is 142 Å². The molecule has 1 unspecified atom stereocenters. The number of carbonyl (C=O) groups is 1. The molecule has 1 heterocycles. The fourth-order valence-corrected chi connectivity index (χ4v) is 2.84. The van der Waals surface area contributed by atoms with Gasteiger partial charge >= 0.3 is 0 Å². The highest BCUT2D eigenvalue weighted by molar-refractivity contribution is 5.94. The van der Waals surface area contributed by atoms with Crippen molar-refractivity contribution in [3.8, 4) is 5.75 Å². The average molecular weight is 328 g/mol. The number of ether oxygens (including phenoxy) is 1. The van der Waals surface area contributed by atoms with Crippen molar-refractivity contribution in [1.29, 1.82) is 0 Å². The Morgan fingerprint density at radius 1 is 1.33 bits per heavy atom. The lowest BCUT2D eigenvalue weighted by molar-refractivity contribution is 0.0727. The number of benzene rings is 1. The molecule has 0 spiro atoms. The first-order valence-corrected chi connectivity index (χ1v) is 8.39. The quantitative estimate of drug-likeness (QED) is 0.810. The largest absolute Gasteiger partial charge is 0.489 e. The lowest BCUT2D eigenvalue weighted by Gasteiger charge is -2.25. The number of nitrogens with zero attached hydrogens (tertiary/aromatic N) is 2. The van der Waals surface area contributed by atoms with Crippen LogP contribution in [0.5, 0.6) is 5.75 Å². The van der Waals surface area contributed by atoms with Crippen molar-refractivity contribution in [1.82, 2.24) is 10.1 Å². The van der Waals surface area contributed by atoms with Gasteiger partial charge in [-0.2, -0.15) is 0 Å². The van der Waals surface area contributed by atoms with Crippen LogP contribution in [0.25, 0.3) is 0 Å². The molecule has 5 heteroatoms. The van der Waals surface area contributed by atoms with Crippen LogP contribution in [-0.2, 0) is 6.61 Å². The van der Waals surface area contributed by atoms with E-state index in [4.69, 9.17) is 9.26 Å². The second-order valence-electron chi connectivity index (χ2n) is 6.61. The summed E-state index contributed by atoms with van der Waals surface area (Å²) in [7, 11) is 1.88. The number of carbonyl (C=O) groups excluding carboxylic acids is 1. The Bertz CT molecular complexity index is 697. The monoisotopic (exact) mass is 328 g/mol. The smallest absolute Gasteiger partial charge is 0.253 e. The van der Waals surface area contributed by atoms with E-state index < -0.39 is 0 Å². The highest BCUT2D eigenvalue weighted by Crippen LogP contribution is 2.35. The van der Waals surface area contributed by atoms with Gasteiger partial charge in [-0.25, -0.2) is 0 Å². The molecule has 1 aliphatic rings. The second kappa shape index (κ2) is 6.67. The molecule has 3 rings (SSSR count). The minimum absolute atomic E-state index is 0.0617. The maximum Gasteiger partial charge on any atom is 0.253 e. The third-order valence-electron chi connectivity index (χ3n) is 4.90. The third-order valence-corrected chi connectivity index (χ3v) is 4.90. The molecule has 0 radical (unpaired) electrons. The van der Waals surface area contributed by atoms with E-state index in [2.05, 4.69) is 12.1 Å². The van der Waals surface area contributed by atoms with Crippen LogP contribution in [-0.4, -0.2) is 29.1 Å². The van der Waals surface area contributed by atoms with Gasteiger partial charge in [0.05, 0.1) is 11.3 Å². The normalized spacial score (nSPS) is 15.2. The molecule has 1 fully saturated rings. The Morgan fingerprint density at radius 2 is 2.00 bits per heavy atom. The van der Waals surface area contributed by atoms with E-state index in [1.807, 2.05) is 50.1 Å². The molecule has 128 valence electrons. The number of rotatable bonds is 6. The highest BCUT2D eigenvalue weighted by Gasteiger charge is 2.32. The van der Waals surface area contributed by atoms with Crippen LogP contribution in [0, 0.1) is 19.8 Å². The van der Waals surface area contributed by atoms with Crippen molar-refractivity contribution in [2.24, 2.45) is 5.92 Å².